The molecule has 104 valence electrons. The molecule has 0 unspecified atom stereocenters. The van der Waals surface area contributed by atoms with Crippen molar-refractivity contribution in [2.75, 3.05) is 5.32 Å². The minimum absolute atomic E-state index is 0.0549. The average Bonchev–Trinajstić information content (AvgIpc) is 2.37. The van der Waals surface area contributed by atoms with Crippen molar-refractivity contribution in [3.63, 3.8) is 0 Å². The van der Waals surface area contributed by atoms with Crippen LogP contribution in [0.15, 0.2) is 18.2 Å². The predicted octanol–water partition coefficient (Wildman–Crippen LogP) is 3.54. The molecule has 0 radical (unpaired) electrons. The summed E-state index contributed by atoms with van der Waals surface area (Å²) in [4.78, 5) is 12.2. The fraction of sp³-hybridized carbons (Fsp3) is 0.467. The van der Waals surface area contributed by atoms with Crippen molar-refractivity contribution >= 4 is 28.8 Å². The maximum atomic E-state index is 11.8. The summed E-state index contributed by atoms with van der Waals surface area (Å²) in [7, 11) is 0. The number of unbranched alkanes of at least 4 members (excludes halogenated alkanes) is 3. The summed E-state index contributed by atoms with van der Waals surface area (Å²) in [6, 6.07) is 5.62. The first kappa shape index (κ1) is 15.6. The monoisotopic (exact) mass is 278 g/mol. The zero-order valence-corrected chi connectivity index (χ0v) is 12.5. The molecule has 0 saturated heterocycles. The van der Waals surface area contributed by atoms with Crippen molar-refractivity contribution in [2.24, 2.45) is 5.73 Å². The van der Waals surface area contributed by atoms with Crippen molar-refractivity contribution in [3.05, 3.63) is 29.3 Å². The maximum Gasteiger partial charge on any atom is 0.224 e. The van der Waals surface area contributed by atoms with E-state index < -0.39 is 0 Å². The quantitative estimate of drug-likeness (QED) is 0.592. The Labute approximate surface area is 120 Å². The van der Waals surface area contributed by atoms with Gasteiger partial charge < -0.3 is 11.1 Å². The van der Waals surface area contributed by atoms with Crippen LogP contribution in [0.25, 0.3) is 0 Å². The van der Waals surface area contributed by atoms with Gasteiger partial charge in [-0.1, -0.05) is 50.5 Å². The molecule has 4 heteroatoms. The number of carbonyl (C=O) groups excluding carboxylic acids is 1. The average molecular weight is 278 g/mol. The van der Waals surface area contributed by atoms with E-state index in [1.807, 2.05) is 25.1 Å². The molecule has 0 atom stereocenters. The largest absolute Gasteiger partial charge is 0.389 e. The van der Waals surface area contributed by atoms with E-state index in [-0.39, 0.29) is 5.91 Å². The van der Waals surface area contributed by atoms with Crippen LogP contribution in [0, 0.1) is 6.92 Å². The fourth-order valence-electron chi connectivity index (χ4n) is 1.83. The Morgan fingerprint density at radius 3 is 2.68 bits per heavy atom. The van der Waals surface area contributed by atoms with Gasteiger partial charge in [0.15, 0.2) is 0 Å². The number of hydrogen-bond donors (Lipinski definition) is 2. The second kappa shape index (κ2) is 7.89. The molecule has 0 bridgehead atoms. The van der Waals surface area contributed by atoms with Gasteiger partial charge in [0.1, 0.15) is 4.99 Å². The molecular weight excluding hydrogens is 256 g/mol. The molecule has 0 aliphatic rings. The van der Waals surface area contributed by atoms with E-state index in [1.54, 1.807) is 0 Å². The second-order valence-corrected chi connectivity index (χ2v) is 5.19. The maximum absolute atomic E-state index is 11.8. The van der Waals surface area contributed by atoms with E-state index in [9.17, 15) is 4.79 Å². The standard InChI is InChI=1S/C15H22N2OS/c1-3-4-5-6-7-14(18)17-13-10-12(15(16)19)9-8-11(13)2/h8-10H,3-7H2,1-2H3,(H2,16,19)(H,17,18). The summed E-state index contributed by atoms with van der Waals surface area (Å²) in [5.41, 5.74) is 8.19. The third-order valence-corrected chi connectivity index (χ3v) is 3.29. The zero-order chi connectivity index (χ0) is 14.3. The smallest absolute Gasteiger partial charge is 0.224 e. The van der Waals surface area contributed by atoms with Crippen LogP contribution in [0.5, 0.6) is 0 Å². The number of anilines is 1. The molecule has 0 saturated carbocycles. The summed E-state index contributed by atoms with van der Waals surface area (Å²) >= 11 is 4.94. The van der Waals surface area contributed by atoms with Gasteiger partial charge in [0, 0.05) is 17.7 Å². The molecule has 1 aromatic carbocycles. The number of rotatable bonds is 7. The van der Waals surface area contributed by atoms with Crippen LogP contribution in [0.1, 0.15) is 50.2 Å². The van der Waals surface area contributed by atoms with Gasteiger partial charge >= 0.3 is 0 Å². The number of benzene rings is 1. The summed E-state index contributed by atoms with van der Waals surface area (Å²) in [5, 5.41) is 2.93. The molecule has 0 aliphatic heterocycles. The highest BCUT2D eigenvalue weighted by Gasteiger charge is 2.06. The van der Waals surface area contributed by atoms with Crippen molar-refractivity contribution in [3.8, 4) is 0 Å². The lowest BCUT2D eigenvalue weighted by atomic mass is 10.1. The first-order chi connectivity index (χ1) is 9.04. The number of amides is 1. The van der Waals surface area contributed by atoms with Gasteiger partial charge in [0.05, 0.1) is 0 Å². The molecule has 0 aliphatic carbocycles. The molecule has 1 aromatic rings. The van der Waals surface area contributed by atoms with Crippen molar-refractivity contribution in [1.82, 2.24) is 0 Å². The van der Waals surface area contributed by atoms with E-state index in [0.717, 1.165) is 29.7 Å². The number of nitrogens with two attached hydrogens (primary N) is 1. The van der Waals surface area contributed by atoms with E-state index in [2.05, 4.69) is 12.2 Å². The van der Waals surface area contributed by atoms with Gasteiger partial charge in [-0.3, -0.25) is 4.79 Å². The van der Waals surface area contributed by atoms with Crippen LogP contribution in [0.2, 0.25) is 0 Å². The van der Waals surface area contributed by atoms with Gasteiger partial charge in [0.25, 0.3) is 0 Å². The molecule has 3 N–H and O–H groups in total. The van der Waals surface area contributed by atoms with Crippen LogP contribution in [-0.2, 0) is 4.79 Å². The predicted molar refractivity (Wildman–Crippen MR) is 84.5 cm³/mol. The number of hydrogen-bond acceptors (Lipinski definition) is 2. The van der Waals surface area contributed by atoms with Gasteiger partial charge in [-0.2, -0.15) is 0 Å². The molecule has 0 spiro atoms. The molecular formula is C15H22N2OS. The Kier molecular flexibility index (Phi) is 6.50. The van der Waals surface area contributed by atoms with Gasteiger partial charge in [-0.05, 0) is 25.0 Å². The van der Waals surface area contributed by atoms with Crippen molar-refractivity contribution in [2.45, 2.75) is 46.0 Å². The first-order valence-electron chi connectivity index (χ1n) is 6.75. The van der Waals surface area contributed by atoms with Crippen LogP contribution in [-0.4, -0.2) is 10.9 Å². The minimum atomic E-state index is 0.0549. The number of nitrogens with one attached hydrogen (secondary N) is 1. The highest BCUT2D eigenvalue weighted by atomic mass is 32.1. The molecule has 0 heterocycles. The van der Waals surface area contributed by atoms with E-state index >= 15 is 0 Å². The SMILES string of the molecule is CCCCCCC(=O)Nc1cc(C(N)=S)ccc1C. The topological polar surface area (TPSA) is 55.1 Å². The van der Waals surface area contributed by atoms with Crippen LogP contribution >= 0.6 is 12.2 Å². The van der Waals surface area contributed by atoms with Crippen LogP contribution in [0.4, 0.5) is 5.69 Å². The van der Waals surface area contributed by atoms with Crippen molar-refractivity contribution < 1.29 is 4.79 Å². The van der Waals surface area contributed by atoms with Gasteiger partial charge in [0.2, 0.25) is 5.91 Å². The third kappa shape index (κ3) is 5.39. The lowest BCUT2D eigenvalue weighted by Gasteiger charge is -2.10. The van der Waals surface area contributed by atoms with Gasteiger partial charge in [-0.25, -0.2) is 0 Å². The summed E-state index contributed by atoms with van der Waals surface area (Å²) in [6.07, 6.45) is 4.97. The minimum Gasteiger partial charge on any atom is -0.389 e. The number of aryl methyl sites for hydroxylation is 1. The molecule has 3 nitrogen and oxygen atoms in total. The van der Waals surface area contributed by atoms with Crippen molar-refractivity contribution in [1.29, 1.82) is 0 Å². The molecule has 1 amide bonds. The molecule has 1 rings (SSSR count). The highest BCUT2D eigenvalue weighted by molar-refractivity contribution is 7.80. The van der Waals surface area contributed by atoms with Crippen LogP contribution < -0.4 is 11.1 Å². The van der Waals surface area contributed by atoms with Gasteiger partial charge in [-0.15, -0.1) is 0 Å². The summed E-state index contributed by atoms with van der Waals surface area (Å²) in [6.45, 7) is 4.11. The van der Waals surface area contributed by atoms with E-state index in [4.69, 9.17) is 18.0 Å². The number of thiocarbonyl (C=S) groups is 1. The molecule has 0 aromatic heterocycles. The molecule has 19 heavy (non-hydrogen) atoms. The Morgan fingerprint density at radius 1 is 1.32 bits per heavy atom. The summed E-state index contributed by atoms with van der Waals surface area (Å²) < 4.78 is 0. The first-order valence-corrected chi connectivity index (χ1v) is 7.15. The zero-order valence-electron chi connectivity index (χ0n) is 11.7. The fourth-order valence-corrected chi connectivity index (χ4v) is 1.96. The lowest BCUT2D eigenvalue weighted by molar-refractivity contribution is -0.116. The summed E-state index contributed by atoms with van der Waals surface area (Å²) in [5.74, 6) is 0.0549. The normalized spacial score (nSPS) is 10.2. The van der Waals surface area contributed by atoms with E-state index in [0.29, 0.717) is 11.4 Å². The Morgan fingerprint density at radius 2 is 2.05 bits per heavy atom. The third-order valence-electron chi connectivity index (χ3n) is 3.05. The van der Waals surface area contributed by atoms with E-state index in [1.165, 1.54) is 12.8 Å². The molecule has 0 fully saturated rings. The Balaban J connectivity index is 2.58. The lowest BCUT2D eigenvalue weighted by Crippen LogP contribution is -2.14. The number of carbonyl (C=O) groups is 1. The van der Waals surface area contributed by atoms with Crippen LogP contribution in [0.3, 0.4) is 0 Å². The Bertz CT molecular complexity index is 457. The Hall–Kier alpha value is -1.42. The second-order valence-electron chi connectivity index (χ2n) is 4.75. The highest BCUT2D eigenvalue weighted by Crippen LogP contribution is 2.17.